The summed E-state index contributed by atoms with van der Waals surface area (Å²) in [5.41, 5.74) is 4.61. The van der Waals surface area contributed by atoms with Gasteiger partial charge < -0.3 is 0 Å². The number of hydrogen-bond acceptors (Lipinski definition) is 0. The molecule has 0 spiro atoms. The van der Waals surface area contributed by atoms with Crippen molar-refractivity contribution in [3.05, 3.63) is 34.9 Å². The highest BCUT2D eigenvalue weighted by Gasteiger charge is 2.40. The molecule has 0 aromatic heterocycles. The van der Waals surface area contributed by atoms with Crippen LogP contribution in [0.1, 0.15) is 101 Å². The fourth-order valence-corrected chi connectivity index (χ4v) is 4.45. The summed E-state index contributed by atoms with van der Waals surface area (Å²) in [5.74, 6) is 1.12. The Kier molecular flexibility index (Phi) is 5.41. The monoisotopic (exact) mass is 306 g/mol. The summed E-state index contributed by atoms with van der Waals surface area (Å²) in [6, 6.07) is 7.01. The van der Waals surface area contributed by atoms with Gasteiger partial charge in [0.15, 0.2) is 0 Å². The molecule has 118 valence electrons. The van der Waals surface area contributed by atoms with Crippen LogP contribution in [-0.4, -0.2) is 0 Å². The zero-order chi connectivity index (χ0) is 15.6. The molecule has 0 bridgehead atoms. The minimum Gasteiger partial charge on any atom is -0.117 e. The number of hydrogen-bond donors (Lipinski definition) is 0. The van der Waals surface area contributed by atoms with Gasteiger partial charge in [-0.3, -0.25) is 0 Å². The van der Waals surface area contributed by atoms with Crippen molar-refractivity contribution >= 4 is 11.6 Å². The van der Waals surface area contributed by atoms with Crippen molar-refractivity contribution in [2.75, 3.05) is 0 Å². The van der Waals surface area contributed by atoms with Crippen LogP contribution >= 0.6 is 11.6 Å². The molecule has 1 heteroatoms. The van der Waals surface area contributed by atoms with Gasteiger partial charge in [-0.2, -0.15) is 0 Å². The van der Waals surface area contributed by atoms with Crippen molar-refractivity contribution in [2.24, 2.45) is 5.41 Å². The Bertz CT molecular complexity index is 467. The first kappa shape index (κ1) is 16.9. The van der Waals surface area contributed by atoms with E-state index < -0.39 is 0 Å². The Morgan fingerprint density at radius 1 is 1.00 bits per heavy atom. The van der Waals surface area contributed by atoms with Crippen LogP contribution in [0.2, 0.25) is 0 Å². The van der Waals surface area contributed by atoms with E-state index in [4.69, 9.17) is 11.6 Å². The summed E-state index contributed by atoms with van der Waals surface area (Å²) in [4.78, 5) is 0. The second-order valence-corrected chi connectivity index (χ2v) is 7.92. The Labute approximate surface area is 136 Å². The zero-order valence-electron chi connectivity index (χ0n) is 14.4. The second-order valence-electron chi connectivity index (χ2n) is 7.48. The average molecular weight is 307 g/mol. The molecule has 0 N–H and O–H groups in total. The van der Waals surface area contributed by atoms with E-state index in [0.717, 1.165) is 0 Å². The smallest absolute Gasteiger partial charge is 0.0644 e. The summed E-state index contributed by atoms with van der Waals surface area (Å²) < 4.78 is 0. The fourth-order valence-electron chi connectivity index (χ4n) is 3.88. The maximum Gasteiger partial charge on any atom is 0.0644 e. The lowest BCUT2D eigenvalue weighted by atomic mass is 9.75. The van der Waals surface area contributed by atoms with E-state index in [9.17, 15) is 0 Å². The molecule has 2 rings (SSSR count). The topological polar surface area (TPSA) is 0 Å². The van der Waals surface area contributed by atoms with Gasteiger partial charge in [0, 0.05) is 0 Å². The van der Waals surface area contributed by atoms with E-state index in [1.54, 1.807) is 0 Å². The van der Waals surface area contributed by atoms with Crippen LogP contribution in [0.5, 0.6) is 0 Å². The SMILES string of the molecule is CCC1(C(Cl)c2ccc(C(C)C)cc2C(C)C)CCCC1. The van der Waals surface area contributed by atoms with Crippen molar-refractivity contribution in [3.63, 3.8) is 0 Å². The fraction of sp³-hybridized carbons (Fsp3) is 0.700. The van der Waals surface area contributed by atoms with Crippen LogP contribution in [0, 0.1) is 5.41 Å². The molecule has 1 aromatic rings. The van der Waals surface area contributed by atoms with Gasteiger partial charge in [0.25, 0.3) is 0 Å². The lowest BCUT2D eigenvalue weighted by Crippen LogP contribution is -2.22. The molecule has 0 nitrogen and oxygen atoms in total. The van der Waals surface area contributed by atoms with E-state index >= 15 is 0 Å². The molecular formula is C20H31Cl. The first-order valence-electron chi connectivity index (χ1n) is 8.69. The summed E-state index contributed by atoms with van der Waals surface area (Å²) in [6.45, 7) is 11.4. The lowest BCUT2D eigenvalue weighted by molar-refractivity contribution is 0.270. The first-order valence-corrected chi connectivity index (χ1v) is 9.12. The summed E-state index contributed by atoms with van der Waals surface area (Å²) in [6.07, 6.45) is 6.48. The Hall–Kier alpha value is -0.490. The molecule has 1 unspecified atom stereocenters. The van der Waals surface area contributed by atoms with E-state index in [1.807, 2.05) is 0 Å². The van der Waals surface area contributed by atoms with Crippen molar-refractivity contribution in [2.45, 2.75) is 83.9 Å². The van der Waals surface area contributed by atoms with Gasteiger partial charge in [-0.05, 0) is 53.2 Å². The first-order chi connectivity index (χ1) is 9.91. The third kappa shape index (κ3) is 3.31. The molecule has 1 fully saturated rings. The number of rotatable bonds is 5. The number of benzene rings is 1. The van der Waals surface area contributed by atoms with Gasteiger partial charge >= 0.3 is 0 Å². The predicted octanol–water partition coefficient (Wildman–Crippen LogP) is 7.18. The molecule has 1 aliphatic carbocycles. The molecule has 0 saturated heterocycles. The molecule has 0 aliphatic heterocycles. The summed E-state index contributed by atoms with van der Waals surface area (Å²) in [7, 11) is 0. The maximum atomic E-state index is 7.05. The maximum absolute atomic E-state index is 7.05. The normalized spacial score (nSPS) is 19.4. The average Bonchev–Trinajstić information content (AvgIpc) is 2.95. The van der Waals surface area contributed by atoms with Crippen LogP contribution in [0.4, 0.5) is 0 Å². The Morgan fingerprint density at radius 2 is 1.62 bits per heavy atom. The molecular weight excluding hydrogens is 276 g/mol. The van der Waals surface area contributed by atoms with E-state index in [0.29, 0.717) is 17.3 Å². The molecule has 1 aromatic carbocycles. The highest BCUT2D eigenvalue weighted by atomic mass is 35.5. The van der Waals surface area contributed by atoms with E-state index in [2.05, 4.69) is 52.8 Å². The third-order valence-corrected chi connectivity index (χ3v) is 6.21. The molecule has 1 aliphatic rings. The quantitative estimate of drug-likeness (QED) is 0.505. The van der Waals surface area contributed by atoms with Gasteiger partial charge in [0.1, 0.15) is 0 Å². The van der Waals surface area contributed by atoms with Crippen molar-refractivity contribution < 1.29 is 0 Å². The molecule has 0 radical (unpaired) electrons. The van der Waals surface area contributed by atoms with Gasteiger partial charge in [-0.15, -0.1) is 11.6 Å². The molecule has 0 amide bonds. The van der Waals surface area contributed by atoms with Gasteiger partial charge in [-0.25, -0.2) is 0 Å². The molecule has 21 heavy (non-hydrogen) atoms. The second kappa shape index (κ2) is 6.73. The minimum atomic E-state index is 0.170. The highest BCUT2D eigenvalue weighted by molar-refractivity contribution is 6.21. The molecule has 1 saturated carbocycles. The van der Waals surface area contributed by atoms with Crippen LogP contribution < -0.4 is 0 Å². The van der Waals surface area contributed by atoms with Crippen LogP contribution in [0.15, 0.2) is 18.2 Å². The van der Waals surface area contributed by atoms with Crippen molar-refractivity contribution in [1.29, 1.82) is 0 Å². The van der Waals surface area contributed by atoms with E-state index in [1.165, 1.54) is 48.8 Å². The molecule has 0 heterocycles. The zero-order valence-corrected chi connectivity index (χ0v) is 15.1. The number of alkyl halides is 1. The van der Waals surface area contributed by atoms with Crippen LogP contribution in [0.25, 0.3) is 0 Å². The Morgan fingerprint density at radius 3 is 2.10 bits per heavy atom. The van der Waals surface area contributed by atoms with Gasteiger partial charge in [0.2, 0.25) is 0 Å². The van der Waals surface area contributed by atoms with Crippen molar-refractivity contribution in [3.8, 4) is 0 Å². The van der Waals surface area contributed by atoms with Gasteiger partial charge in [0.05, 0.1) is 5.38 Å². The third-order valence-electron chi connectivity index (χ3n) is 5.51. The predicted molar refractivity (Wildman–Crippen MR) is 94.4 cm³/mol. The lowest BCUT2D eigenvalue weighted by Gasteiger charge is -2.35. The molecule has 1 atom stereocenters. The Balaban J connectivity index is 2.42. The van der Waals surface area contributed by atoms with E-state index in [-0.39, 0.29) is 5.38 Å². The summed E-state index contributed by atoms with van der Waals surface area (Å²) >= 11 is 7.05. The van der Waals surface area contributed by atoms with Crippen LogP contribution in [0.3, 0.4) is 0 Å². The highest BCUT2D eigenvalue weighted by Crippen LogP contribution is 2.54. The largest absolute Gasteiger partial charge is 0.117 e. The summed E-state index contributed by atoms with van der Waals surface area (Å²) in [5, 5.41) is 0.170. The van der Waals surface area contributed by atoms with Crippen molar-refractivity contribution in [1.82, 2.24) is 0 Å². The standard InChI is InChI=1S/C20H31Cl/c1-6-20(11-7-8-12-20)19(21)17-10-9-16(14(2)3)13-18(17)15(4)5/h9-10,13-15,19H,6-8,11-12H2,1-5H3. The van der Waals surface area contributed by atoms with Crippen LogP contribution in [-0.2, 0) is 0 Å². The van der Waals surface area contributed by atoms with Gasteiger partial charge in [-0.1, -0.05) is 65.7 Å². The minimum absolute atomic E-state index is 0.170. The number of halogens is 1.